The Balaban J connectivity index is 1.76. The summed E-state index contributed by atoms with van der Waals surface area (Å²) < 4.78 is 10.6. The van der Waals surface area contributed by atoms with E-state index >= 15 is 0 Å². The highest BCUT2D eigenvalue weighted by Gasteiger charge is 2.09. The van der Waals surface area contributed by atoms with Crippen LogP contribution in [-0.2, 0) is 6.54 Å². The second-order valence-corrected chi connectivity index (χ2v) is 5.53. The van der Waals surface area contributed by atoms with Crippen molar-refractivity contribution in [3.63, 3.8) is 0 Å². The summed E-state index contributed by atoms with van der Waals surface area (Å²) in [5, 5.41) is 6.99. The minimum Gasteiger partial charge on any atom is -0.495 e. The molecule has 0 amide bonds. The lowest BCUT2D eigenvalue weighted by Crippen LogP contribution is -2.05. The number of hydrogen-bond acceptors (Lipinski definition) is 6. The van der Waals surface area contributed by atoms with Crippen molar-refractivity contribution < 1.29 is 9.15 Å². The molecular formula is C17H17ClN4O2. The van der Waals surface area contributed by atoms with Crippen LogP contribution in [0.4, 0.5) is 17.5 Å². The van der Waals surface area contributed by atoms with Gasteiger partial charge in [0.15, 0.2) is 0 Å². The van der Waals surface area contributed by atoms with Gasteiger partial charge in [0.05, 0.1) is 25.6 Å². The molecule has 124 valence electrons. The number of aromatic nitrogens is 2. The van der Waals surface area contributed by atoms with Gasteiger partial charge in [-0.3, -0.25) is 0 Å². The summed E-state index contributed by atoms with van der Waals surface area (Å²) in [6.07, 6.45) is 3.31. The van der Waals surface area contributed by atoms with Gasteiger partial charge in [-0.15, -0.1) is 0 Å². The highest BCUT2D eigenvalue weighted by Crippen LogP contribution is 2.32. The molecule has 0 aliphatic rings. The van der Waals surface area contributed by atoms with E-state index in [1.807, 2.05) is 25.1 Å². The van der Waals surface area contributed by atoms with Crippen molar-refractivity contribution in [1.82, 2.24) is 9.97 Å². The van der Waals surface area contributed by atoms with Gasteiger partial charge in [0.2, 0.25) is 5.95 Å². The van der Waals surface area contributed by atoms with Gasteiger partial charge in [0.25, 0.3) is 0 Å². The van der Waals surface area contributed by atoms with Crippen molar-refractivity contribution >= 4 is 29.1 Å². The maximum absolute atomic E-state index is 6.13. The van der Waals surface area contributed by atoms with Gasteiger partial charge < -0.3 is 19.8 Å². The molecule has 0 radical (unpaired) electrons. The van der Waals surface area contributed by atoms with Gasteiger partial charge in [-0.2, -0.15) is 4.98 Å². The third-order valence-electron chi connectivity index (χ3n) is 3.40. The summed E-state index contributed by atoms with van der Waals surface area (Å²) in [4.78, 5) is 8.63. The molecule has 1 aromatic carbocycles. The molecule has 2 heterocycles. The molecular weight excluding hydrogens is 328 g/mol. The molecule has 0 aliphatic heterocycles. The number of halogens is 1. The zero-order chi connectivity index (χ0) is 16.9. The summed E-state index contributed by atoms with van der Waals surface area (Å²) in [6, 6.07) is 9.19. The van der Waals surface area contributed by atoms with Crippen LogP contribution in [0.2, 0.25) is 5.02 Å². The number of aryl methyl sites for hydroxylation is 1. The van der Waals surface area contributed by atoms with Gasteiger partial charge >= 0.3 is 0 Å². The van der Waals surface area contributed by atoms with E-state index in [1.54, 1.807) is 31.7 Å². The van der Waals surface area contributed by atoms with Crippen LogP contribution >= 0.6 is 11.6 Å². The minimum atomic E-state index is 0.501. The van der Waals surface area contributed by atoms with Crippen molar-refractivity contribution in [2.45, 2.75) is 13.5 Å². The largest absolute Gasteiger partial charge is 0.495 e. The van der Waals surface area contributed by atoms with E-state index in [0.29, 0.717) is 29.1 Å². The van der Waals surface area contributed by atoms with E-state index in [2.05, 4.69) is 20.6 Å². The topological polar surface area (TPSA) is 72.2 Å². The van der Waals surface area contributed by atoms with Crippen molar-refractivity contribution in [3.05, 3.63) is 59.1 Å². The van der Waals surface area contributed by atoms with Gasteiger partial charge in [-0.25, -0.2) is 4.98 Å². The van der Waals surface area contributed by atoms with Crippen molar-refractivity contribution in [2.75, 3.05) is 17.7 Å². The average molecular weight is 345 g/mol. The number of ether oxygens (including phenoxy) is 1. The molecule has 0 fully saturated rings. The molecule has 0 saturated heterocycles. The Morgan fingerprint density at radius 3 is 2.92 bits per heavy atom. The molecule has 6 nitrogen and oxygen atoms in total. The third-order valence-corrected chi connectivity index (χ3v) is 3.81. The van der Waals surface area contributed by atoms with E-state index < -0.39 is 0 Å². The lowest BCUT2D eigenvalue weighted by molar-refractivity contribution is 0.416. The lowest BCUT2D eigenvalue weighted by Gasteiger charge is -2.13. The highest BCUT2D eigenvalue weighted by molar-refractivity contribution is 6.31. The van der Waals surface area contributed by atoms with E-state index in [9.17, 15) is 0 Å². The summed E-state index contributed by atoms with van der Waals surface area (Å²) in [5.41, 5.74) is 1.74. The minimum absolute atomic E-state index is 0.501. The number of benzene rings is 1. The lowest BCUT2D eigenvalue weighted by atomic mass is 10.2. The summed E-state index contributed by atoms with van der Waals surface area (Å²) >= 11 is 6.13. The van der Waals surface area contributed by atoms with Crippen LogP contribution in [0.1, 0.15) is 11.3 Å². The summed E-state index contributed by atoms with van der Waals surface area (Å²) in [7, 11) is 1.60. The number of methoxy groups -OCH3 is 1. The Morgan fingerprint density at radius 1 is 1.29 bits per heavy atom. The number of nitrogens with one attached hydrogen (secondary N) is 2. The maximum Gasteiger partial charge on any atom is 0.224 e. The molecule has 24 heavy (non-hydrogen) atoms. The first-order chi connectivity index (χ1) is 11.7. The van der Waals surface area contributed by atoms with Crippen LogP contribution in [0.15, 0.2) is 47.2 Å². The molecule has 0 bridgehead atoms. The van der Waals surface area contributed by atoms with Gasteiger partial charge in [0, 0.05) is 17.3 Å². The number of furan rings is 1. The molecule has 7 heteroatoms. The second-order valence-electron chi connectivity index (χ2n) is 5.13. The predicted octanol–water partition coefficient (Wildman–Crippen LogP) is 4.40. The standard InChI is InChI=1S/C17H17ClN4O2/c1-11-8-14(15(23-2)9-13(11)18)21-16-5-6-19-17(22-16)20-10-12-4-3-7-24-12/h3-9H,10H2,1-2H3,(H2,19,20,21,22). The van der Waals surface area contributed by atoms with E-state index in [4.69, 9.17) is 20.8 Å². The van der Waals surface area contributed by atoms with E-state index in [1.165, 1.54) is 0 Å². The second kappa shape index (κ2) is 7.23. The molecule has 0 aliphatic carbocycles. The number of hydrogen-bond donors (Lipinski definition) is 2. The van der Waals surface area contributed by atoms with Crippen molar-refractivity contribution in [1.29, 1.82) is 0 Å². The number of rotatable bonds is 6. The Kier molecular flexibility index (Phi) is 4.86. The van der Waals surface area contributed by atoms with Crippen LogP contribution in [0.5, 0.6) is 5.75 Å². The van der Waals surface area contributed by atoms with Crippen LogP contribution in [0.25, 0.3) is 0 Å². The van der Waals surface area contributed by atoms with Crippen LogP contribution < -0.4 is 15.4 Å². The summed E-state index contributed by atoms with van der Waals surface area (Å²) in [5.74, 6) is 2.61. The first-order valence-corrected chi connectivity index (χ1v) is 7.74. The fourth-order valence-corrected chi connectivity index (χ4v) is 2.31. The highest BCUT2D eigenvalue weighted by atomic mass is 35.5. The molecule has 0 atom stereocenters. The zero-order valence-corrected chi connectivity index (χ0v) is 14.1. The Labute approximate surface area is 144 Å². The Morgan fingerprint density at radius 2 is 2.17 bits per heavy atom. The zero-order valence-electron chi connectivity index (χ0n) is 13.3. The van der Waals surface area contributed by atoms with Gasteiger partial charge in [-0.05, 0) is 36.8 Å². The summed E-state index contributed by atoms with van der Waals surface area (Å²) in [6.45, 7) is 2.45. The predicted molar refractivity (Wildman–Crippen MR) is 94.1 cm³/mol. The average Bonchev–Trinajstić information content (AvgIpc) is 3.10. The fourth-order valence-electron chi connectivity index (χ4n) is 2.16. The molecule has 2 N–H and O–H groups in total. The van der Waals surface area contributed by atoms with Crippen LogP contribution in [0, 0.1) is 6.92 Å². The number of anilines is 3. The molecule has 2 aromatic heterocycles. The molecule has 0 unspecified atom stereocenters. The normalized spacial score (nSPS) is 10.5. The third kappa shape index (κ3) is 3.78. The van der Waals surface area contributed by atoms with Gasteiger partial charge in [-0.1, -0.05) is 11.6 Å². The molecule has 3 aromatic rings. The van der Waals surface area contributed by atoms with Gasteiger partial charge in [0.1, 0.15) is 17.3 Å². The quantitative estimate of drug-likeness (QED) is 0.690. The Hall–Kier alpha value is -2.73. The Bertz CT molecular complexity index is 821. The SMILES string of the molecule is COc1cc(Cl)c(C)cc1Nc1ccnc(NCc2ccco2)n1. The molecule has 0 spiro atoms. The van der Waals surface area contributed by atoms with E-state index in [-0.39, 0.29) is 0 Å². The number of nitrogens with zero attached hydrogens (tertiary/aromatic N) is 2. The molecule has 0 saturated carbocycles. The molecule has 3 rings (SSSR count). The van der Waals surface area contributed by atoms with Crippen molar-refractivity contribution in [3.8, 4) is 5.75 Å². The first-order valence-electron chi connectivity index (χ1n) is 7.36. The van der Waals surface area contributed by atoms with Crippen molar-refractivity contribution in [2.24, 2.45) is 0 Å². The first kappa shape index (κ1) is 16.1. The maximum atomic E-state index is 6.13. The van der Waals surface area contributed by atoms with Crippen LogP contribution in [0.3, 0.4) is 0 Å². The fraction of sp³-hybridized carbons (Fsp3) is 0.176. The monoisotopic (exact) mass is 344 g/mol. The van der Waals surface area contributed by atoms with Crippen LogP contribution in [-0.4, -0.2) is 17.1 Å². The van der Waals surface area contributed by atoms with E-state index in [0.717, 1.165) is 17.0 Å². The smallest absolute Gasteiger partial charge is 0.224 e.